The van der Waals surface area contributed by atoms with Gasteiger partial charge in [0.15, 0.2) is 5.75 Å². The Morgan fingerprint density at radius 1 is 1.27 bits per heavy atom. The van der Waals surface area contributed by atoms with Gasteiger partial charge in [0, 0.05) is 33.8 Å². The second-order valence-corrected chi connectivity index (χ2v) is 7.17. The van der Waals surface area contributed by atoms with Gasteiger partial charge in [-0.15, -0.1) is 0 Å². The minimum atomic E-state index is -0.506. The van der Waals surface area contributed by atoms with Crippen molar-refractivity contribution < 1.29 is 14.5 Å². The Bertz CT molecular complexity index is 1150. The molecule has 30 heavy (non-hydrogen) atoms. The monoisotopic (exact) mass is 406 g/mol. The summed E-state index contributed by atoms with van der Waals surface area (Å²) in [6.07, 6.45) is 5.79. The minimum Gasteiger partial charge on any atom is -0.487 e. The zero-order chi connectivity index (χ0) is 21.1. The van der Waals surface area contributed by atoms with E-state index in [4.69, 9.17) is 4.74 Å². The van der Waals surface area contributed by atoms with E-state index in [1.807, 2.05) is 12.1 Å². The standard InChI is InChI=1S/C22H22N4O4/c1-2-30-21-10-7-14(11-20(21)26(28)29)13-23-25-22(27)15-8-9-19-17(12-15)16-5-3-4-6-18(16)24-19/h7-13,24H,2-6H2,1H3,(H,25,27)/b23-13-. The molecule has 8 nitrogen and oxygen atoms in total. The topological polar surface area (TPSA) is 110 Å². The lowest BCUT2D eigenvalue weighted by molar-refractivity contribution is -0.385. The van der Waals surface area contributed by atoms with E-state index in [0.717, 1.165) is 30.2 Å². The van der Waals surface area contributed by atoms with Crippen molar-refractivity contribution in [3.8, 4) is 5.75 Å². The molecule has 1 aromatic heterocycles. The van der Waals surface area contributed by atoms with Crippen molar-refractivity contribution in [2.75, 3.05) is 6.61 Å². The molecule has 3 aromatic rings. The van der Waals surface area contributed by atoms with E-state index in [-0.39, 0.29) is 17.3 Å². The first-order valence-corrected chi connectivity index (χ1v) is 9.95. The number of rotatable bonds is 6. The summed E-state index contributed by atoms with van der Waals surface area (Å²) in [5.41, 5.74) is 6.97. The molecule has 1 aliphatic carbocycles. The Kier molecular flexibility index (Phi) is 5.47. The van der Waals surface area contributed by atoms with Gasteiger partial charge in [-0.25, -0.2) is 5.43 Å². The third-order valence-electron chi connectivity index (χ3n) is 5.22. The molecular formula is C22H22N4O4. The molecule has 0 saturated carbocycles. The first-order chi connectivity index (χ1) is 14.6. The van der Waals surface area contributed by atoms with Crippen LogP contribution >= 0.6 is 0 Å². The molecule has 4 rings (SSSR count). The van der Waals surface area contributed by atoms with Crippen molar-refractivity contribution in [3.63, 3.8) is 0 Å². The summed E-state index contributed by atoms with van der Waals surface area (Å²) in [5.74, 6) is -0.133. The lowest BCUT2D eigenvalue weighted by Crippen LogP contribution is -2.17. The lowest BCUT2D eigenvalue weighted by Gasteiger charge is -2.10. The molecule has 0 atom stereocenters. The van der Waals surface area contributed by atoms with Gasteiger partial charge in [-0.05, 0) is 68.5 Å². The van der Waals surface area contributed by atoms with E-state index in [2.05, 4.69) is 15.5 Å². The summed E-state index contributed by atoms with van der Waals surface area (Å²) >= 11 is 0. The number of amides is 1. The van der Waals surface area contributed by atoms with Crippen LogP contribution in [0.2, 0.25) is 0 Å². The average Bonchev–Trinajstić information content (AvgIpc) is 3.12. The van der Waals surface area contributed by atoms with Crippen LogP contribution in [0.5, 0.6) is 5.75 Å². The van der Waals surface area contributed by atoms with Gasteiger partial charge in [0.25, 0.3) is 5.91 Å². The van der Waals surface area contributed by atoms with Crippen LogP contribution < -0.4 is 10.2 Å². The van der Waals surface area contributed by atoms with Gasteiger partial charge in [-0.3, -0.25) is 14.9 Å². The van der Waals surface area contributed by atoms with E-state index in [0.29, 0.717) is 17.7 Å². The van der Waals surface area contributed by atoms with Crippen LogP contribution in [0.3, 0.4) is 0 Å². The highest BCUT2D eigenvalue weighted by atomic mass is 16.6. The Labute approximate surface area is 173 Å². The number of aromatic nitrogens is 1. The summed E-state index contributed by atoms with van der Waals surface area (Å²) in [4.78, 5) is 26.7. The Hall–Kier alpha value is -3.68. The van der Waals surface area contributed by atoms with Gasteiger partial charge in [-0.2, -0.15) is 5.10 Å². The molecule has 0 radical (unpaired) electrons. The van der Waals surface area contributed by atoms with E-state index >= 15 is 0 Å². The number of aromatic amines is 1. The number of carbonyl (C=O) groups is 1. The molecule has 2 N–H and O–H groups in total. The van der Waals surface area contributed by atoms with Crippen LogP contribution in [0.4, 0.5) is 5.69 Å². The molecule has 0 unspecified atom stereocenters. The molecule has 8 heteroatoms. The molecule has 1 amide bonds. The van der Waals surface area contributed by atoms with Gasteiger partial charge in [0.05, 0.1) is 17.7 Å². The number of hydrogen-bond donors (Lipinski definition) is 2. The number of fused-ring (bicyclic) bond motifs is 3. The third-order valence-corrected chi connectivity index (χ3v) is 5.22. The number of nitrogens with one attached hydrogen (secondary N) is 2. The maximum atomic E-state index is 12.5. The van der Waals surface area contributed by atoms with Crippen LogP contribution in [-0.4, -0.2) is 28.6 Å². The smallest absolute Gasteiger partial charge is 0.311 e. The number of nitro benzene ring substituents is 1. The van der Waals surface area contributed by atoms with Crippen LogP contribution in [0.15, 0.2) is 41.5 Å². The fourth-order valence-electron chi connectivity index (χ4n) is 3.81. The van der Waals surface area contributed by atoms with Crippen molar-refractivity contribution in [1.29, 1.82) is 0 Å². The number of nitro groups is 1. The Morgan fingerprint density at radius 2 is 2.10 bits per heavy atom. The largest absolute Gasteiger partial charge is 0.487 e. The third kappa shape index (κ3) is 3.89. The van der Waals surface area contributed by atoms with Crippen molar-refractivity contribution in [2.24, 2.45) is 5.10 Å². The predicted octanol–water partition coefficient (Wildman–Crippen LogP) is 4.12. The highest BCUT2D eigenvalue weighted by Crippen LogP contribution is 2.30. The number of hydrogen-bond acceptors (Lipinski definition) is 5. The molecule has 0 aliphatic heterocycles. The fraction of sp³-hybridized carbons (Fsp3) is 0.273. The lowest BCUT2D eigenvalue weighted by atomic mass is 9.95. The zero-order valence-electron chi connectivity index (χ0n) is 16.6. The van der Waals surface area contributed by atoms with Crippen LogP contribution in [0.25, 0.3) is 10.9 Å². The predicted molar refractivity (Wildman–Crippen MR) is 114 cm³/mol. The summed E-state index contributed by atoms with van der Waals surface area (Å²) in [7, 11) is 0. The number of hydrazone groups is 1. The maximum absolute atomic E-state index is 12.5. The van der Waals surface area contributed by atoms with Crippen LogP contribution in [0, 0.1) is 10.1 Å². The quantitative estimate of drug-likeness (QED) is 0.364. The van der Waals surface area contributed by atoms with Gasteiger partial charge >= 0.3 is 5.69 Å². The minimum absolute atomic E-state index is 0.144. The molecule has 1 heterocycles. The summed E-state index contributed by atoms with van der Waals surface area (Å²) < 4.78 is 5.26. The fourth-order valence-corrected chi connectivity index (χ4v) is 3.81. The van der Waals surface area contributed by atoms with Gasteiger partial charge in [-0.1, -0.05) is 0 Å². The number of benzene rings is 2. The van der Waals surface area contributed by atoms with Crippen molar-refractivity contribution in [2.45, 2.75) is 32.6 Å². The SMILES string of the molecule is CCOc1ccc(/C=N\NC(=O)c2ccc3[nH]c4c(c3c2)CCCC4)cc1[N+](=O)[O-]. The number of carbonyl (C=O) groups excluding carboxylic acids is 1. The van der Waals surface area contributed by atoms with Gasteiger partial charge in [0.1, 0.15) is 0 Å². The molecule has 0 saturated heterocycles. The highest BCUT2D eigenvalue weighted by Gasteiger charge is 2.17. The van der Waals surface area contributed by atoms with E-state index in [1.165, 1.54) is 36.0 Å². The second-order valence-electron chi connectivity index (χ2n) is 7.17. The van der Waals surface area contributed by atoms with Crippen molar-refractivity contribution in [3.05, 3.63) is 68.9 Å². The summed E-state index contributed by atoms with van der Waals surface area (Å²) in [6.45, 7) is 2.09. The number of nitrogens with zero attached hydrogens (tertiary/aromatic N) is 2. The molecular weight excluding hydrogens is 384 g/mol. The molecule has 154 valence electrons. The zero-order valence-corrected chi connectivity index (χ0v) is 16.6. The first-order valence-electron chi connectivity index (χ1n) is 9.95. The molecule has 0 fully saturated rings. The second kappa shape index (κ2) is 8.36. The van der Waals surface area contributed by atoms with Gasteiger partial charge < -0.3 is 9.72 Å². The summed E-state index contributed by atoms with van der Waals surface area (Å²) in [6, 6.07) is 10.1. The first kappa shape index (κ1) is 19.6. The maximum Gasteiger partial charge on any atom is 0.311 e. The highest BCUT2D eigenvalue weighted by molar-refractivity contribution is 5.99. The number of aryl methyl sites for hydroxylation is 2. The molecule has 1 aliphatic rings. The van der Waals surface area contributed by atoms with Crippen molar-refractivity contribution in [1.82, 2.24) is 10.4 Å². The van der Waals surface area contributed by atoms with Gasteiger partial charge in [0.2, 0.25) is 0 Å². The Morgan fingerprint density at radius 3 is 2.90 bits per heavy atom. The van der Waals surface area contributed by atoms with Crippen LogP contribution in [-0.2, 0) is 12.8 Å². The Balaban J connectivity index is 1.50. The van der Waals surface area contributed by atoms with Crippen LogP contribution in [0.1, 0.15) is 46.9 Å². The van der Waals surface area contributed by atoms with E-state index < -0.39 is 4.92 Å². The molecule has 0 bridgehead atoms. The molecule has 2 aromatic carbocycles. The average molecular weight is 406 g/mol. The number of ether oxygens (including phenoxy) is 1. The molecule has 0 spiro atoms. The summed E-state index contributed by atoms with van der Waals surface area (Å²) in [5, 5.41) is 16.3. The van der Waals surface area contributed by atoms with Crippen molar-refractivity contribution >= 4 is 28.7 Å². The van der Waals surface area contributed by atoms with E-state index in [9.17, 15) is 14.9 Å². The van der Waals surface area contributed by atoms with E-state index in [1.54, 1.807) is 19.1 Å². The number of H-pyrrole nitrogens is 1. The normalized spacial score (nSPS) is 13.4.